The molecule has 19 heavy (non-hydrogen) atoms. The topological polar surface area (TPSA) is 41.1 Å². The van der Waals surface area contributed by atoms with Crippen molar-refractivity contribution in [1.82, 2.24) is 5.32 Å². The number of rotatable bonds is 3. The van der Waals surface area contributed by atoms with E-state index in [0.717, 1.165) is 15.7 Å². The van der Waals surface area contributed by atoms with E-state index in [4.69, 9.17) is 0 Å². The molecule has 0 fully saturated rings. The third-order valence-electron chi connectivity index (χ3n) is 2.75. The lowest BCUT2D eigenvalue weighted by atomic mass is 10.1. The summed E-state index contributed by atoms with van der Waals surface area (Å²) in [5.41, 5.74) is 1.84. The summed E-state index contributed by atoms with van der Waals surface area (Å²) < 4.78 is 0.983. The van der Waals surface area contributed by atoms with Crippen LogP contribution in [0.4, 0.5) is 10.5 Å². The summed E-state index contributed by atoms with van der Waals surface area (Å²) in [4.78, 5) is 11.8. The average Bonchev–Trinajstić information content (AvgIpc) is 2.42. The van der Waals surface area contributed by atoms with Crippen LogP contribution in [0.25, 0.3) is 0 Å². The number of anilines is 1. The maximum absolute atomic E-state index is 11.8. The summed E-state index contributed by atoms with van der Waals surface area (Å²) in [6.45, 7) is 1.95. The monoisotopic (exact) mass is 318 g/mol. The number of amides is 2. The Morgan fingerprint density at radius 3 is 2.32 bits per heavy atom. The minimum Gasteiger partial charge on any atom is -0.331 e. The highest BCUT2D eigenvalue weighted by Gasteiger charge is 2.08. The molecule has 0 saturated heterocycles. The Kier molecular flexibility index (Phi) is 4.58. The zero-order chi connectivity index (χ0) is 13.7. The third-order valence-corrected chi connectivity index (χ3v) is 3.28. The molecule has 1 unspecified atom stereocenters. The van der Waals surface area contributed by atoms with Crippen molar-refractivity contribution in [2.75, 3.05) is 5.32 Å². The minimum atomic E-state index is -0.210. The second-order valence-corrected chi connectivity index (χ2v) is 5.15. The quantitative estimate of drug-likeness (QED) is 0.868. The highest BCUT2D eigenvalue weighted by molar-refractivity contribution is 9.10. The summed E-state index contributed by atoms with van der Waals surface area (Å²) in [5, 5.41) is 5.70. The van der Waals surface area contributed by atoms with Crippen LogP contribution in [-0.4, -0.2) is 6.03 Å². The van der Waals surface area contributed by atoms with Crippen LogP contribution in [0.2, 0.25) is 0 Å². The summed E-state index contributed by atoms with van der Waals surface area (Å²) in [5.74, 6) is 0. The van der Waals surface area contributed by atoms with E-state index < -0.39 is 0 Å². The maximum Gasteiger partial charge on any atom is 0.319 e. The van der Waals surface area contributed by atoms with Gasteiger partial charge in [-0.1, -0.05) is 46.3 Å². The lowest BCUT2D eigenvalue weighted by Gasteiger charge is -2.15. The Hall–Kier alpha value is -1.81. The molecule has 2 amide bonds. The van der Waals surface area contributed by atoms with Crippen LogP contribution in [0.15, 0.2) is 59.1 Å². The van der Waals surface area contributed by atoms with E-state index in [0.29, 0.717) is 0 Å². The first-order valence-corrected chi connectivity index (χ1v) is 6.82. The fourth-order valence-corrected chi connectivity index (χ4v) is 1.99. The number of nitrogens with one attached hydrogen (secondary N) is 2. The highest BCUT2D eigenvalue weighted by Crippen LogP contribution is 2.15. The number of hydrogen-bond acceptors (Lipinski definition) is 1. The van der Waals surface area contributed by atoms with Gasteiger partial charge in [-0.3, -0.25) is 0 Å². The van der Waals surface area contributed by atoms with Gasteiger partial charge in [0.15, 0.2) is 0 Å². The molecule has 0 aliphatic heterocycles. The largest absolute Gasteiger partial charge is 0.331 e. The van der Waals surface area contributed by atoms with Crippen LogP contribution in [0.1, 0.15) is 18.5 Å². The normalized spacial score (nSPS) is 11.7. The molecule has 0 saturated carbocycles. The van der Waals surface area contributed by atoms with Gasteiger partial charge in [0.2, 0.25) is 0 Å². The van der Waals surface area contributed by atoms with Crippen molar-refractivity contribution < 1.29 is 4.79 Å². The van der Waals surface area contributed by atoms with Crippen LogP contribution >= 0.6 is 15.9 Å². The molecule has 2 N–H and O–H groups in total. The number of halogens is 1. The fraction of sp³-hybridized carbons (Fsp3) is 0.133. The second-order valence-electron chi connectivity index (χ2n) is 4.24. The molecule has 0 radical (unpaired) electrons. The van der Waals surface area contributed by atoms with Crippen molar-refractivity contribution in [3.05, 3.63) is 64.6 Å². The average molecular weight is 319 g/mol. The molecule has 3 nitrogen and oxygen atoms in total. The van der Waals surface area contributed by atoms with Crippen molar-refractivity contribution >= 4 is 27.6 Å². The number of carbonyl (C=O) groups is 1. The van der Waals surface area contributed by atoms with E-state index in [1.54, 1.807) is 0 Å². The van der Waals surface area contributed by atoms with Gasteiger partial charge in [-0.05, 0) is 36.8 Å². The van der Waals surface area contributed by atoms with Gasteiger partial charge in [0, 0.05) is 10.2 Å². The first-order valence-electron chi connectivity index (χ1n) is 6.03. The Balaban J connectivity index is 1.93. The number of carbonyl (C=O) groups excluding carboxylic acids is 1. The highest BCUT2D eigenvalue weighted by atomic mass is 79.9. The van der Waals surface area contributed by atoms with E-state index in [2.05, 4.69) is 26.6 Å². The standard InChI is InChI=1S/C15H15BrN2O/c1-11(12-5-3-2-4-6-12)17-15(19)18-14-9-7-13(16)8-10-14/h2-11H,1H3,(H2,17,18,19). The van der Waals surface area contributed by atoms with Crippen LogP contribution in [0.5, 0.6) is 0 Å². The predicted molar refractivity (Wildman–Crippen MR) is 81.2 cm³/mol. The van der Waals surface area contributed by atoms with Gasteiger partial charge in [0.1, 0.15) is 0 Å². The van der Waals surface area contributed by atoms with Gasteiger partial charge >= 0.3 is 6.03 Å². The minimum absolute atomic E-state index is 0.0309. The molecule has 2 rings (SSSR count). The molecule has 0 aliphatic carbocycles. The van der Waals surface area contributed by atoms with Gasteiger partial charge < -0.3 is 10.6 Å². The Labute approximate surface area is 121 Å². The Morgan fingerprint density at radius 1 is 1.05 bits per heavy atom. The maximum atomic E-state index is 11.8. The molecule has 0 heterocycles. The lowest BCUT2D eigenvalue weighted by Crippen LogP contribution is -2.31. The predicted octanol–water partition coefficient (Wildman–Crippen LogP) is 4.33. The van der Waals surface area contributed by atoms with Crippen LogP contribution in [0.3, 0.4) is 0 Å². The Morgan fingerprint density at radius 2 is 1.68 bits per heavy atom. The second kappa shape index (κ2) is 6.38. The summed E-state index contributed by atoms with van der Waals surface area (Å²) in [6.07, 6.45) is 0. The summed E-state index contributed by atoms with van der Waals surface area (Å²) in [7, 11) is 0. The molecule has 0 aliphatic rings. The molecule has 1 atom stereocenters. The smallest absolute Gasteiger partial charge is 0.319 e. The molecule has 0 spiro atoms. The zero-order valence-electron chi connectivity index (χ0n) is 10.6. The van der Waals surface area contributed by atoms with Gasteiger partial charge in [0.25, 0.3) is 0 Å². The van der Waals surface area contributed by atoms with Crippen LogP contribution in [-0.2, 0) is 0 Å². The van der Waals surface area contributed by atoms with Crippen molar-refractivity contribution in [2.24, 2.45) is 0 Å². The molecule has 2 aromatic rings. The van der Waals surface area contributed by atoms with E-state index in [1.807, 2.05) is 61.5 Å². The molecule has 98 valence electrons. The van der Waals surface area contributed by atoms with Crippen LogP contribution in [0, 0.1) is 0 Å². The van der Waals surface area contributed by atoms with Gasteiger partial charge in [0.05, 0.1) is 6.04 Å². The van der Waals surface area contributed by atoms with E-state index in [9.17, 15) is 4.79 Å². The van der Waals surface area contributed by atoms with Gasteiger partial charge in [-0.15, -0.1) is 0 Å². The Bertz CT molecular complexity index is 540. The first kappa shape index (κ1) is 13.6. The molecular weight excluding hydrogens is 304 g/mol. The van der Waals surface area contributed by atoms with Crippen molar-refractivity contribution in [3.8, 4) is 0 Å². The van der Waals surface area contributed by atoms with Gasteiger partial charge in [-0.2, -0.15) is 0 Å². The molecule has 0 aromatic heterocycles. The molecule has 2 aromatic carbocycles. The number of hydrogen-bond donors (Lipinski definition) is 2. The lowest BCUT2D eigenvalue weighted by molar-refractivity contribution is 0.249. The van der Waals surface area contributed by atoms with E-state index in [-0.39, 0.29) is 12.1 Å². The van der Waals surface area contributed by atoms with Crippen molar-refractivity contribution in [2.45, 2.75) is 13.0 Å². The van der Waals surface area contributed by atoms with Crippen molar-refractivity contribution in [3.63, 3.8) is 0 Å². The SMILES string of the molecule is CC(NC(=O)Nc1ccc(Br)cc1)c1ccccc1. The number of urea groups is 1. The number of benzene rings is 2. The van der Waals surface area contributed by atoms with Crippen molar-refractivity contribution in [1.29, 1.82) is 0 Å². The van der Waals surface area contributed by atoms with E-state index >= 15 is 0 Å². The molecule has 4 heteroatoms. The van der Waals surface area contributed by atoms with Gasteiger partial charge in [-0.25, -0.2) is 4.79 Å². The fourth-order valence-electron chi connectivity index (χ4n) is 1.72. The zero-order valence-corrected chi connectivity index (χ0v) is 12.1. The summed E-state index contributed by atoms with van der Waals surface area (Å²) in [6, 6.07) is 17.1. The van der Waals surface area contributed by atoms with E-state index in [1.165, 1.54) is 0 Å². The summed E-state index contributed by atoms with van der Waals surface area (Å²) >= 11 is 3.35. The molecule has 0 bridgehead atoms. The molecular formula is C15H15BrN2O. The van der Waals surface area contributed by atoms with Crippen LogP contribution < -0.4 is 10.6 Å². The first-order chi connectivity index (χ1) is 9.15. The third kappa shape index (κ3) is 4.10.